The summed E-state index contributed by atoms with van der Waals surface area (Å²) < 4.78 is 21.6. The van der Waals surface area contributed by atoms with Gasteiger partial charge in [0.2, 0.25) is 0 Å². The molecule has 1 aliphatic heterocycles. The Kier molecular flexibility index (Phi) is 11.7. The molecule has 8 nitrogen and oxygen atoms in total. The molecule has 138 valence electrons. The van der Waals surface area contributed by atoms with Gasteiger partial charge in [0.1, 0.15) is 8.96 Å². The van der Waals surface area contributed by atoms with Crippen LogP contribution in [0.1, 0.15) is 0 Å². The predicted octanol–water partition coefficient (Wildman–Crippen LogP) is 0.382. The van der Waals surface area contributed by atoms with Crippen molar-refractivity contribution in [3.63, 3.8) is 0 Å². The molecule has 1 aliphatic rings. The molecule has 0 unspecified atom stereocenters. The van der Waals surface area contributed by atoms with Crippen LogP contribution in [0.2, 0.25) is 0 Å². The summed E-state index contributed by atoms with van der Waals surface area (Å²) in [5.41, 5.74) is 5.28. The maximum Gasteiger partial charge on any atom is 0.269 e. The van der Waals surface area contributed by atoms with Crippen LogP contribution < -0.4 is 5.73 Å². The van der Waals surface area contributed by atoms with E-state index in [-0.39, 0.29) is 33.9 Å². The summed E-state index contributed by atoms with van der Waals surface area (Å²) in [6, 6.07) is 0. The summed E-state index contributed by atoms with van der Waals surface area (Å²) in [6.45, 7) is 4.29. The Morgan fingerprint density at radius 2 is 1.08 bits per heavy atom. The third kappa shape index (κ3) is 7.68. The van der Waals surface area contributed by atoms with Gasteiger partial charge < -0.3 is 24.7 Å². The van der Waals surface area contributed by atoms with E-state index >= 15 is 0 Å². The average Bonchev–Trinajstić information content (AvgIpc) is 2.76. The molecule has 10 heteroatoms. The third-order valence-electron chi connectivity index (χ3n) is 2.90. The van der Waals surface area contributed by atoms with Crippen molar-refractivity contribution in [1.29, 1.82) is 0 Å². The fourth-order valence-electron chi connectivity index (χ4n) is 1.72. The zero-order valence-corrected chi connectivity index (χ0v) is 16.5. The number of hydrogen-bond acceptors (Lipinski definition) is 7. The maximum atomic E-state index is 11.7. The number of halogens is 2. The first kappa shape index (κ1) is 21.7. The van der Waals surface area contributed by atoms with Crippen molar-refractivity contribution >= 4 is 43.7 Å². The molecule has 0 aromatic carbocycles. The molecule has 0 spiro atoms. The molecule has 0 saturated heterocycles. The molecule has 2 N–H and O–H groups in total. The number of hydrogen-bond donors (Lipinski definition) is 1. The van der Waals surface area contributed by atoms with Crippen LogP contribution in [0.25, 0.3) is 0 Å². The normalized spacial score (nSPS) is 15.0. The fraction of sp³-hybridized carbons (Fsp3) is 0.714. The van der Waals surface area contributed by atoms with Crippen molar-refractivity contribution in [2.75, 3.05) is 65.9 Å². The number of rotatable bonds is 14. The molecule has 0 aromatic rings. The Bertz CT molecular complexity index is 423. The van der Waals surface area contributed by atoms with Crippen LogP contribution in [0.3, 0.4) is 0 Å². The van der Waals surface area contributed by atoms with Gasteiger partial charge in [0.15, 0.2) is 0 Å². The second-order valence-electron chi connectivity index (χ2n) is 4.63. The quantitative estimate of drug-likeness (QED) is 0.287. The monoisotopic (exact) mass is 472 g/mol. The van der Waals surface area contributed by atoms with E-state index in [1.165, 1.54) is 0 Å². The van der Waals surface area contributed by atoms with Gasteiger partial charge in [0.05, 0.1) is 59.4 Å². The summed E-state index contributed by atoms with van der Waals surface area (Å²) in [5.74, 6) is -0.723. The zero-order valence-electron chi connectivity index (χ0n) is 13.3. The minimum atomic E-state index is -0.362. The van der Waals surface area contributed by atoms with Crippen molar-refractivity contribution in [3.8, 4) is 0 Å². The third-order valence-corrected chi connectivity index (χ3v) is 4.90. The highest BCUT2D eigenvalue weighted by Gasteiger charge is 2.35. The summed E-state index contributed by atoms with van der Waals surface area (Å²) in [7, 11) is 0. The molecule has 0 fully saturated rings. The topological polar surface area (TPSA) is 100 Å². The second-order valence-corrected chi connectivity index (χ2v) is 6.21. The minimum absolute atomic E-state index is 0.202. The zero-order chi connectivity index (χ0) is 17.8. The highest BCUT2D eigenvalue weighted by Crippen LogP contribution is 2.28. The van der Waals surface area contributed by atoms with Gasteiger partial charge in [-0.05, 0) is 31.9 Å². The van der Waals surface area contributed by atoms with E-state index in [4.69, 9.17) is 24.7 Å². The molecule has 0 saturated carbocycles. The molecular formula is C14H22Br2N2O6. The first-order chi connectivity index (χ1) is 11.6. The number of nitrogens with two attached hydrogens (primary N) is 1. The van der Waals surface area contributed by atoms with Crippen LogP contribution in [0.5, 0.6) is 0 Å². The summed E-state index contributed by atoms with van der Waals surface area (Å²) in [6.07, 6.45) is 0. The van der Waals surface area contributed by atoms with Crippen molar-refractivity contribution in [2.24, 2.45) is 5.73 Å². The van der Waals surface area contributed by atoms with E-state index < -0.39 is 0 Å². The Labute approximate surface area is 157 Å². The smallest absolute Gasteiger partial charge is 0.269 e. The maximum absolute atomic E-state index is 11.7. The Hall–Kier alpha value is -0.360. The van der Waals surface area contributed by atoms with Crippen molar-refractivity contribution in [1.82, 2.24) is 4.90 Å². The predicted molar refractivity (Wildman–Crippen MR) is 93.9 cm³/mol. The lowest BCUT2D eigenvalue weighted by molar-refractivity contribution is -0.137. The highest BCUT2D eigenvalue weighted by atomic mass is 79.9. The van der Waals surface area contributed by atoms with E-state index in [0.717, 1.165) is 4.90 Å². The van der Waals surface area contributed by atoms with Gasteiger partial charge in [-0.2, -0.15) is 0 Å². The SMILES string of the molecule is NCCOCCOCCOCCOCCN1C(=O)C(Br)=C(Br)C1=O. The van der Waals surface area contributed by atoms with Crippen LogP contribution in [0.4, 0.5) is 0 Å². The molecule has 1 heterocycles. The first-order valence-electron chi connectivity index (χ1n) is 7.52. The van der Waals surface area contributed by atoms with Crippen LogP contribution in [-0.2, 0) is 28.5 Å². The van der Waals surface area contributed by atoms with Crippen molar-refractivity contribution < 1.29 is 28.5 Å². The Morgan fingerprint density at radius 3 is 1.50 bits per heavy atom. The minimum Gasteiger partial charge on any atom is -0.378 e. The van der Waals surface area contributed by atoms with Gasteiger partial charge >= 0.3 is 0 Å². The molecular weight excluding hydrogens is 452 g/mol. The molecule has 0 aromatic heterocycles. The Morgan fingerprint density at radius 1 is 0.708 bits per heavy atom. The van der Waals surface area contributed by atoms with Gasteiger partial charge in [0, 0.05) is 6.54 Å². The summed E-state index contributed by atoms with van der Waals surface area (Å²) in [5, 5.41) is 0. The van der Waals surface area contributed by atoms with Crippen LogP contribution >= 0.6 is 31.9 Å². The van der Waals surface area contributed by atoms with Gasteiger partial charge in [-0.3, -0.25) is 14.5 Å². The van der Waals surface area contributed by atoms with Crippen LogP contribution in [0.15, 0.2) is 8.96 Å². The molecule has 0 radical (unpaired) electrons. The number of imide groups is 1. The molecule has 0 bridgehead atoms. The Balaban J connectivity index is 1.90. The van der Waals surface area contributed by atoms with E-state index in [1.807, 2.05) is 0 Å². The van der Waals surface area contributed by atoms with Gasteiger partial charge in [-0.1, -0.05) is 0 Å². The lowest BCUT2D eigenvalue weighted by atomic mass is 10.5. The number of ether oxygens (including phenoxy) is 4. The lowest BCUT2D eigenvalue weighted by Gasteiger charge is -2.14. The van der Waals surface area contributed by atoms with E-state index in [2.05, 4.69) is 31.9 Å². The van der Waals surface area contributed by atoms with E-state index in [0.29, 0.717) is 52.8 Å². The van der Waals surface area contributed by atoms with Crippen molar-refractivity contribution in [3.05, 3.63) is 8.96 Å². The lowest BCUT2D eigenvalue weighted by Crippen LogP contribution is -2.34. The number of carbonyl (C=O) groups excluding carboxylic acids is 2. The van der Waals surface area contributed by atoms with Gasteiger partial charge in [0.25, 0.3) is 11.8 Å². The molecule has 1 rings (SSSR count). The molecule has 0 atom stereocenters. The summed E-state index contributed by atoms with van der Waals surface area (Å²) >= 11 is 6.13. The number of carbonyl (C=O) groups is 2. The summed E-state index contributed by atoms with van der Waals surface area (Å²) in [4.78, 5) is 24.6. The van der Waals surface area contributed by atoms with Gasteiger partial charge in [-0.15, -0.1) is 0 Å². The fourth-order valence-corrected chi connectivity index (χ4v) is 2.49. The number of amides is 2. The van der Waals surface area contributed by atoms with Crippen LogP contribution in [-0.4, -0.2) is 82.7 Å². The van der Waals surface area contributed by atoms with E-state index in [1.54, 1.807) is 0 Å². The second kappa shape index (κ2) is 12.9. The molecule has 0 aliphatic carbocycles. The average molecular weight is 474 g/mol. The number of nitrogens with zero attached hydrogens (tertiary/aromatic N) is 1. The standard InChI is InChI=1S/C14H22Br2N2O6/c15-11-12(16)14(20)18(13(11)19)2-4-22-6-8-24-10-9-23-7-5-21-3-1-17/h1-10,17H2. The molecule has 2 amide bonds. The van der Waals surface area contributed by atoms with Gasteiger partial charge in [-0.25, -0.2) is 0 Å². The largest absolute Gasteiger partial charge is 0.378 e. The van der Waals surface area contributed by atoms with Crippen LogP contribution in [0, 0.1) is 0 Å². The van der Waals surface area contributed by atoms with Crippen molar-refractivity contribution in [2.45, 2.75) is 0 Å². The molecule has 24 heavy (non-hydrogen) atoms. The highest BCUT2D eigenvalue weighted by molar-refractivity contribution is 9.14. The van der Waals surface area contributed by atoms with E-state index in [9.17, 15) is 9.59 Å². The first-order valence-corrected chi connectivity index (χ1v) is 9.10.